The van der Waals surface area contributed by atoms with E-state index in [1.165, 1.54) is 6.08 Å². The van der Waals surface area contributed by atoms with Crippen LogP contribution in [0.3, 0.4) is 0 Å². The predicted molar refractivity (Wildman–Crippen MR) is 62.8 cm³/mol. The van der Waals surface area contributed by atoms with Crippen LogP contribution in [-0.4, -0.2) is 12.5 Å². The van der Waals surface area contributed by atoms with Gasteiger partial charge in [0.15, 0.2) is 0 Å². The third-order valence-corrected chi connectivity index (χ3v) is 1.90. The Morgan fingerprint density at radius 3 is 2.75 bits per heavy atom. The highest BCUT2D eigenvalue weighted by molar-refractivity contribution is 5.86. The molecule has 0 spiro atoms. The Balaban J connectivity index is 2.48. The van der Waals surface area contributed by atoms with E-state index in [1.807, 2.05) is 24.3 Å². The summed E-state index contributed by atoms with van der Waals surface area (Å²) in [5.74, 6) is 2.92. The SMILES string of the molecule is C#CCOc1ccc(CNC(=O)C=C)cc1. The Kier molecular flexibility index (Phi) is 4.68. The van der Waals surface area contributed by atoms with Crippen molar-refractivity contribution in [2.75, 3.05) is 6.61 Å². The summed E-state index contributed by atoms with van der Waals surface area (Å²) in [4.78, 5) is 10.9. The summed E-state index contributed by atoms with van der Waals surface area (Å²) in [6, 6.07) is 7.36. The van der Waals surface area contributed by atoms with Crippen LogP contribution in [0.4, 0.5) is 0 Å². The normalized spacial score (nSPS) is 8.94. The third-order valence-electron chi connectivity index (χ3n) is 1.90. The molecule has 0 aliphatic heterocycles. The molecule has 0 aromatic heterocycles. The van der Waals surface area contributed by atoms with E-state index in [1.54, 1.807) is 0 Å². The first-order chi connectivity index (χ1) is 7.76. The molecule has 16 heavy (non-hydrogen) atoms. The topological polar surface area (TPSA) is 38.3 Å². The molecule has 1 N–H and O–H groups in total. The maximum Gasteiger partial charge on any atom is 0.243 e. The smallest absolute Gasteiger partial charge is 0.243 e. The highest BCUT2D eigenvalue weighted by Gasteiger charge is 1.97. The zero-order chi connectivity index (χ0) is 11.8. The number of ether oxygens (including phenoxy) is 1. The van der Waals surface area contributed by atoms with Gasteiger partial charge in [0, 0.05) is 6.54 Å². The summed E-state index contributed by atoms with van der Waals surface area (Å²) in [5.41, 5.74) is 0.989. The van der Waals surface area contributed by atoms with E-state index in [0.717, 1.165) is 11.3 Å². The van der Waals surface area contributed by atoms with Gasteiger partial charge in [-0.25, -0.2) is 0 Å². The van der Waals surface area contributed by atoms with Crippen LogP contribution in [0.1, 0.15) is 5.56 Å². The number of nitrogens with one attached hydrogen (secondary N) is 1. The second-order valence-corrected chi connectivity index (χ2v) is 3.06. The molecular weight excluding hydrogens is 202 g/mol. The molecule has 0 saturated heterocycles. The maximum absolute atomic E-state index is 10.9. The van der Waals surface area contributed by atoms with Crippen LogP contribution in [0.25, 0.3) is 0 Å². The van der Waals surface area contributed by atoms with E-state index in [0.29, 0.717) is 6.54 Å². The van der Waals surface area contributed by atoms with Crippen LogP contribution in [0.15, 0.2) is 36.9 Å². The molecule has 0 atom stereocenters. The fourth-order valence-electron chi connectivity index (χ4n) is 1.09. The predicted octanol–water partition coefficient (Wildman–Crippen LogP) is 1.50. The van der Waals surface area contributed by atoms with Crippen LogP contribution in [0, 0.1) is 12.3 Å². The first kappa shape index (κ1) is 11.9. The number of rotatable bonds is 5. The number of amides is 1. The zero-order valence-corrected chi connectivity index (χ0v) is 8.90. The number of carbonyl (C=O) groups excluding carboxylic acids is 1. The lowest BCUT2D eigenvalue weighted by Crippen LogP contribution is -2.19. The highest BCUT2D eigenvalue weighted by Crippen LogP contribution is 2.11. The molecule has 1 rings (SSSR count). The zero-order valence-electron chi connectivity index (χ0n) is 8.90. The van der Waals surface area contributed by atoms with Gasteiger partial charge in [-0.3, -0.25) is 4.79 Å². The number of benzene rings is 1. The van der Waals surface area contributed by atoms with Crippen molar-refractivity contribution >= 4 is 5.91 Å². The van der Waals surface area contributed by atoms with Crippen molar-refractivity contribution in [1.29, 1.82) is 0 Å². The molecule has 0 aliphatic rings. The molecule has 0 heterocycles. The molecule has 0 radical (unpaired) electrons. The molecule has 3 heteroatoms. The summed E-state index contributed by atoms with van der Waals surface area (Å²) < 4.78 is 5.22. The molecular formula is C13H13NO2. The monoisotopic (exact) mass is 215 g/mol. The van der Waals surface area contributed by atoms with Crippen molar-refractivity contribution in [1.82, 2.24) is 5.32 Å². The van der Waals surface area contributed by atoms with E-state index in [4.69, 9.17) is 11.2 Å². The van der Waals surface area contributed by atoms with Crippen molar-refractivity contribution in [2.45, 2.75) is 6.54 Å². The molecule has 1 aromatic carbocycles. The summed E-state index contributed by atoms with van der Waals surface area (Å²) in [6.45, 7) is 4.10. The van der Waals surface area contributed by atoms with Gasteiger partial charge in [-0.2, -0.15) is 0 Å². The molecule has 0 aliphatic carbocycles. The van der Waals surface area contributed by atoms with E-state index in [-0.39, 0.29) is 12.5 Å². The Bertz CT molecular complexity index is 401. The van der Waals surface area contributed by atoms with Gasteiger partial charge in [-0.05, 0) is 23.8 Å². The van der Waals surface area contributed by atoms with E-state index >= 15 is 0 Å². The minimum atomic E-state index is -0.187. The van der Waals surface area contributed by atoms with Gasteiger partial charge in [0.05, 0.1) is 0 Å². The average Bonchev–Trinajstić information content (AvgIpc) is 2.34. The van der Waals surface area contributed by atoms with Crippen molar-refractivity contribution in [3.63, 3.8) is 0 Å². The van der Waals surface area contributed by atoms with E-state index in [2.05, 4.69) is 17.8 Å². The van der Waals surface area contributed by atoms with Crippen LogP contribution in [0.5, 0.6) is 5.75 Å². The standard InChI is InChI=1S/C13H13NO2/c1-3-9-16-12-7-5-11(6-8-12)10-14-13(15)4-2/h1,4-8H,2,9-10H2,(H,14,15). The van der Waals surface area contributed by atoms with Crippen molar-refractivity contribution in [3.8, 4) is 18.1 Å². The van der Waals surface area contributed by atoms with Gasteiger partial charge in [-0.15, -0.1) is 6.42 Å². The van der Waals surface area contributed by atoms with Crippen molar-refractivity contribution in [3.05, 3.63) is 42.5 Å². The number of terminal acetylenes is 1. The van der Waals surface area contributed by atoms with Crippen LogP contribution >= 0.6 is 0 Å². The average molecular weight is 215 g/mol. The molecule has 82 valence electrons. The summed E-state index contributed by atoms with van der Waals surface area (Å²) in [7, 11) is 0. The number of hydrogen-bond donors (Lipinski definition) is 1. The van der Waals surface area contributed by atoms with Gasteiger partial charge in [0.2, 0.25) is 5.91 Å². The molecule has 0 saturated carbocycles. The van der Waals surface area contributed by atoms with Crippen molar-refractivity contribution < 1.29 is 9.53 Å². The molecule has 1 amide bonds. The van der Waals surface area contributed by atoms with E-state index < -0.39 is 0 Å². The summed E-state index contributed by atoms with van der Waals surface area (Å²) in [6.07, 6.45) is 6.31. The number of carbonyl (C=O) groups is 1. The lowest BCUT2D eigenvalue weighted by atomic mass is 10.2. The third kappa shape index (κ3) is 3.89. The van der Waals surface area contributed by atoms with Crippen molar-refractivity contribution in [2.24, 2.45) is 0 Å². The minimum Gasteiger partial charge on any atom is -0.481 e. The maximum atomic E-state index is 10.9. The Labute approximate surface area is 95.1 Å². The van der Waals surface area contributed by atoms with Gasteiger partial charge in [0.25, 0.3) is 0 Å². The van der Waals surface area contributed by atoms with Gasteiger partial charge in [0.1, 0.15) is 12.4 Å². The Morgan fingerprint density at radius 2 is 2.19 bits per heavy atom. The minimum absolute atomic E-state index is 0.187. The second kappa shape index (κ2) is 6.31. The lowest BCUT2D eigenvalue weighted by Gasteiger charge is -2.05. The highest BCUT2D eigenvalue weighted by atomic mass is 16.5. The molecule has 1 aromatic rings. The molecule has 0 unspecified atom stereocenters. The summed E-state index contributed by atoms with van der Waals surface area (Å²) in [5, 5.41) is 2.68. The Hall–Kier alpha value is -2.21. The van der Waals surface area contributed by atoms with Gasteiger partial charge < -0.3 is 10.1 Å². The lowest BCUT2D eigenvalue weighted by molar-refractivity contribution is -0.116. The van der Waals surface area contributed by atoms with Gasteiger partial charge >= 0.3 is 0 Å². The molecule has 0 fully saturated rings. The summed E-state index contributed by atoms with van der Waals surface area (Å²) >= 11 is 0. The largest absolute Gasteiger partial charge is 0.481 e. The van der Waals surface area contributed by atoms with Crippen LogP contribution < -0.4 is 10.1 Å². The second-order valence-electron chi connectivity index (χ2n) is 3.06. The quantitative estimate of drug-likeness (QED) is 0.597. The fraction of sp³-hybridized carbons (Fsp3) is 0.154. The number of hydrogen-bond acceptors (Lipinski definition) is 2. The fourth-order valence-corrected chi connectivity index (χ4v) is 1.09. The molecule has 3 nitrogen and oxygen atoms in total. The van der Waals surface area contributed by atoms with Crippen LogP contribution in [-0.2, 0) is 11.3 Å². The first-order valence-corrected chi connectivity index (χ1v) is 4.81. The molecule has 0 bridgehead atoms. The van der Waals surface area contributed by atoms with Gasteiger partial charge in [-0.1, -0.05) is 24.6 Å². The van der Waals surface area contributed by atoms with E-state index in [9.17, 15) is 4.79 Å². The van der Waals surface area contributed by atoms with Crippen LogP contribution in [0.2, 0.25) is 0 Å². The Morgan fingerprint density at radius 1 is 1.50 bits per heavy atom. The first-order valence-electron chi connectivity index (χ1n) is 4.81.